The second-order valence-electron chi connectivity index (χ2n) is 11.4. The SMILES string of the molecule is CC.COCCCOc1cc(C(=O)N(C(C)C)[C@@H]2CCCNC2)ccc1-c1cc(C(=O)N2C[C@@H](C)O[C@@H](C)C2)ccc1F. The molecule has 2 aromatic rings. The highest BCUT2D eigenvalue weighted by molar-refractivity contribution is 5.97. The normalized spacial score (nSPS) is 20.3. The predicted molar refractivity (Wildman–Crippen MR) is 168 cm³/mol. The first kappa shape index (κ1) is 34.5. The maximum atomic E-state index is 15.3. The Bertz CT molecular complexity index is 1190. The molecule has 43 heavy (non-hydrogen) atoms. The molecule has 0 spiro atoms. The Hall–Kier alpha value is -3.01. The summed E-state index contributed by atoms with van der Waals surface area (Å²) < 4.78 is 32.4. The summed E-state index contributed by atoms with van der Waals surface area (Å²) in [6, 6.07) is 9.69. The van der Waals surface area contributed by atoms with Crippen LogP contribution in [0.2, 0.25) is 0 Å². The molecule has 0 aliphatic carbocycles. The van der Waals surface area contributed by atoms with Crippen LogP contribution in [0.15, 0.2) is 36.4 Å². The molecule has 2 amide bonds. The summed E-state index contributed by atoms with van der Waals surface area (Å²) in [5.41, 5.74) is 1.62. The van der Waals surface area contributed by atoms with Crippen LogP contribution >= 0.6 is 0 Å². The van der Waals surface area contributed by atoms with Gasteiger partial charge in [0, 0.05) is 74.1 Å². The van der Waals surface area contributed by atoms with Gasteiger partial charge in [0.2, 0.25) is 0 Å². The van der Waals surface area contributed by atoms with Crippen molar-refractivity contribution < 1.29 is 28.2 Å². The number of nitrogens with one attached hydrogen (secondary N) is 1. The van der Waals surface area contributed by atoms with Crippen LogP contribution in [0.1, 0.15) is 81.5 Å². The van der Waals surface area contributed by atoms with Gasteiger partial charge in [-0.05, 0) is 83.5 Å². The molecule has 9 heteroatoms. The number of carbonyl (C=O) groups is 2. The van der Waals surface area contributed by atoms with E-state index in [0.717, 1.165) is 25.9 Å². The van der Waals surface area contributed by atoms with Gasteiger partial charge >= 0.3 is 0 Å². The number of amides is 2. The number of hydrogen-bond acceptors (Lipinski definition) is 6. The van der Waals surface area contributed by atoms with Crippen LogP contribution < -0.4 is 10.1 Å². The first-order chi connectivity index (χ1) is 20.7. The third-order valence-electron chi connectivity index (χ3n) is 7.64. The fourth-order valence-corrected chi connectivity index (χ4v) is 5.82. The van der Waals surface area contributed by atoms with Crippen LogP contribution in [0, 0.1) is 5.82 Å². The number of hydrogen-bond donors (Lipinski definition) is 1. The Morgan fingerprint density at radius 3 is 2.37 bits per heavy atom. The molecule has 2 saturated heterocycles. The Balaban J connectivity index is 0.00000248. The predicted octanol–water partition coefficient (Wildman–Crippen LogP) is 5.79. The van der Waals surface area contributed by atoms with Gasteiger partial charge in [0.1, 0.15) is 11.6 Å². The van der Waals surface area contributed by atoms with Crippen molar-refractivity contribution in [1.82, 2.24) is 15.1 Å². The van der Waals surface area contributed by atoms with E-state index in [1.165, 1.54) is 12.1 Å². The number of methoxy groups -OCH3 is 1. The number of carbonyl (C=O) groups excluding carboxylic acids is 2. The summed E-state index contributed by atoms with van der Waals surface area (Å²) in [6.07, 6.45) is 2.45. The number of morpholine rings is 1. The van der Waals surface area contributed by atoms with E-state index in [-0.39, 0.29) is 41.7 Å². The van der Waals surface area contributed by atoms with E-state index < -0.39 is 5.82 Å². The molecular formula is C34H50FN3O5. The van der Waals surface area contributed by atoms with Crippen LogP contribution in [0.25, 0.3) is 11.1 Å². The standard InChI is InChI=1S/C32H44FN3O5.C2H6/c1-21(2)36(26-8-6-13-34-18-26)32(38)25-9-11-27(30(17-25)40-15-7-14-39-5)28-16-24(10-12-29(28)33)31(37)35-19-22(3)41-23(4)20-35;1-2/h9-12,16-17,21-23,26,34H,6-8,13-15,18-20H2,1-5H3;1-2H3/t22-,23+,26-;/m1./s1. The molecule has 3 atom stereocenters. The van der Waals surface area contributed by atoms with Crippen molar-refractivity contribution >= 4 is 11.8 Å². The monoisotopic (exact) mass is 599 g/mol. The molecule has 2 aliphatic rings. The average molecular weight is 600 g/mol. The van der Waals surface area contributed by atoms with Gasteiger partial charge in [-0.25, -0.2) is 4.39 Å². The maximum absolute atomic E-state index is 15.3. The average Bonchev–Trinajstić information content (AvgIpc) is 3.00. The third kappa shape index (κ3) is 9.00. The molecule has 238 valence electrons. The van der Waals surface area contributed by atoms with Gasteiger partial charge in [-0.2, -0.15) is 0 Å². The second kappa shape index (κ2) is 16.7. The molecule has 0 unspecified atom stereocenters. The highest BCUT2D eigenvalue weighted by Crippen LogP contribution is 2.35. The quantitative estimate of drug-likeness (QED) is 0.349. The lowest BCUT2D eigenvalue weighted by atomic mass is 9.97. The highest BCUT2D eigenvalue weighted by Gasteiger charge is 2.30. The molecule has 2 heterocycles. The Morgan fingerprint density at radius 1 is 1.05 bits per heavy atom. The Morgan fingerprint density at radius 2 is 1.74 bits per heavy atom. The summed E-state index contributed by atoms with van der Waals surface area (Å²) in [6.45, 7) is 15.4. The summed E-state index contributed by atoms with van der Waals surface area (Å²) in [5, 5.41) is 3.40. The van der Waals surface area contributed by atoms with Gasteiger partial charge in [0.25, 0.3) is 11.8 Å². The summed E-state index contributed by atoms with van der Waals surface area (Å²) in [5.74, 6) is -0.323. The zero-order valence-corrected chi connectivity index (χ0v) is 27.0. The Kier molecular flexibility index (Phi) is 13.4. The van der Waals surface area contributed by atoms with E-state index in [1.54, 1.807) is 36.3 Å². The minimum absolute atomic E-state index is 0.0175. The van der Waals surface area contributed by atoms with Crippen LogP contribution in [0.4, 0.5) is 4.39 Å². The van der Waals surface area contributed by atoms with E-state index in [1.807, 2.05) is 46.4 Å². The molecule has 2 aromatic carbocycles. The number of piperidine rings is 1. The van der Waals surface area contributed by atoms with E-state index in [0.29, 0.717) is 55.2 Å². The number of nitrogens with zero attached hydrogens (tertiary/aromatic N) is 2. The van der Waals surface area contributed by atoms with Crippen LogP contribution in [0.3, 0.4) is 0 Å². The molecule has 4 rings (SSSR count). The van der Waals surface area contributed by atoms with Crippen molar-refractivity contribution in [3.63, 3.8) is 0 Å². The van der Waals surface area contributed by atoms with Crippen LogP contribution in [0.5, 0.6) is 5.75 Å². The maximum Gasteiger partial charge on any atom is 0.254 e. The summed E-state index contributed by atoms with van der Waals surface area (Å²) in [7, 11) is 1.62. The number of ether oxygens (including phenoxy) is 3. The van der Waals surface area contributed by atoms with E-state index >= 15 is 4.39 Å². The van der Waals surface area contributed by atoms with Crippen LogP contribution in [-0.4, -0.2) is 92.4 Å². The van der Waals surface area contributed by atoms with Gasteiger partial charge in [0.05, 0.1) is 18.8 Å². The van der Waals surface area contributed by atoms with Crippen molar-refractivity contribution in [3.8, 4) is 16.9 Å². The molecule has 0 aromatic heterocycles. The molecule has 2 aliphatic heterocycles. The highest BCUT2D eigenvalue weighted by atomic mass is 19.1. The summed E-state index contributed by atoms with van der Waals surface area (Å²) in [4.78, 5) is 30.9. The van der Waals surface area contributed by atoms with Gasteiger partial charge < -0.3 is 29.3 Å². The fraction of sp³-hybridized carbons (Fsp3) is 0.588. The molecule has 8 nitrogen and oxygen atoms in total. The van der Waals surface area contributed by atoms with Crippen molar-refractivity contribution in [3.05, 3.63) is 53.3 Å². The lowest BCUT2D eigenvalue weighted by molar-refractivity contribution is -0.0586. The van der Waals surface area contributed by atoms with Gasteiger partial charge in [-0.3, -0.25) is 9.59 Å². The lowest BCUT2D eigenvalue weighted by Gasteiger charge is -2.37. The summed E-state index contributed by atoms with van der Waals surface area (Å²) >= 11 is 0. The number of benzene rings is 2. The first-order valence-electron chi connectivity index (χ1n) is 15.7. The van der Waals surface area contributed by atoms with Crippen LogP contribution in [-0.2, 0) is 9.47 Å². The molecule has 2 fully saturated rings. The third-order valence-corrected chi connectivity index (χ3v) is 7.64. The molecule has 0 bridgehead atoms. The zero-order valence-electron chi connectivity index (χ0n) is 27.0. The second-order valence-corrected chi connectivity index (χ2v) is 11.4. The minimum atomic E-state index is -0.469. The molecule has 0 saturated carbocycles. The molecule has 0 radical (unpaired) electrons. The largest absolute Gasteiger partial charge is 0.493 e. The first-order valence-corrected chi connectivity index (χ1v) is 15.7. The van der Waals surface area contributed by atoms with Gasteiger partial charge in [0.15, 0.2) is 0 Å². The zero-order chi connectivity index (χ0) is 31.5. The molecular weight excluding hydrogens is 549 g/mol. The van der Waals surface area contributed by atoms with Crippen molar-refractivity contribution in [2.75, 3.05) is 46.5 Å². The van der Waals surface area contributed by atoms with E-state index in [2.05, 4.69) is 5.32 Å². The van der Waals surface area contributed by atoms with E-state index in [9.17, 15) is 9.59 Å². The van der Waals surface area contributed by atoms with Gasteiger partial charge in [-0.1, -0.05) is 13.8 Å². The Labute approximate surface area is 256 Å². The van der Waals surface area contributed by atoms with E-state index in [4.69, 9.17) is 14.2 Å². The van der Waals surface area contributed by atoms with Crippen molar-refractivity contribution in [2.24, 2.45) is 0 Å². The smallest absolute Gasteiger partial charge is 0.254 e. The number of halogens is 1. The molecule has 1 N–H and O–H groups in total. The number of rotatable bonds is 10. The topological polar surface area (TPSA) is 80.3 Å². The van der Waals surface area contributed by atoms with Crippen molar-refractivity contribution in [1.29, 1.82) is 0 Å². The van der Waals surface area contributed by atoms with Gasteiger partial charge in [-0.15, -0.1) is 0 Å². The minimum Gasteiger partial charge on any atom is -0.493 e. The lowest BCUT2D eigenvalue weighted by Crippen LogP contribution is -2.51. The van der Waals surface area contributed by atoms with Crippen molar-refractivity contribution in [2.45, 2.75) is 85.1 Å². The fourth-order valence-electron chi connectivity index (χ4n) is 5.82.